The Bertz CT molecular complexity index is 1090. The molecule has 0 spiro atoms. The molecule has 3 amide bonds. The number of carbonyl (C=O) groups is 3. The molecule has 0 atom stereocenters. The van der Waals surface area contributed by atoms with Gasteiger partial charge in [0.25, 0.3) is 17.7 Å². The lowest BCUT2D eigenvalue weighted by Crippen LogP contribution is -2.22. The molecule has 30 heavy (non-hydrogen) atoms. The molecule has 0 aliphatic rings. The van der Waals surface area contributed by atoms with E-state index in [4.69, 9.17) is 9.15 Å². The topological polar surface area (TPSA) is 101 Å². The number of hydrogen-bond acceptors (Lipinski definition) is 6. The minimum atomic E-state index is -0.398. The van der Waals surface area contributed by atoms with Gasteiger partial charge in [0.15, 0.2) is 5.76 Å². The van der Waals surface area contributed by atoms with E-state index in [-0.39, 0.29) is 17.6 Å². The van der Waals surface area contributed by atoms with Gasteiger partial charge in [-0.2, -0.15) is 0 Å². The summed E-state index contributed by atoms with van der Waals surface area (Å²) in [7, 11) is 4.79. The van der Waals surface area contributed by atoms with Crippen molar-refractivity contribution in [2.45, 2.75) is 6.92 Å². The lowest BCUT2D eigenvalue weighted by Gasteiger charge is -2.14. The van der Waals surface area contributed by atoms with Gasteiger partial charge in [-0.05, 0) is 48.9 Å². The Morgan fingerprint density at radius 2 is 1.83 bits per heavy atom. The van der Waals surface area contributed by atoms with Crippen LogP contribution in [0.5, 0.6) is 5.75 Å². The lowest BCUT2D eigenvalue weighted by atomic mass is 10.1. The zero-order chi connectivity index (χ0) is 21.8. The largest absolute Gasteiger partial charge is 0.495 e. The average Bonchev–Trinajstić information content (AvgIpc) is 3.37. The monoisotopic (exact) mass is 427 g/mol. The second kappa shape index (κ2) is 8.83. The summed E-state index contributed by atoms with van der Waals surface area (Å²) in [6.45, 7) is 1.77. The van der Waals surface area contributed by atoms with Gasteiger partial charge in [-0.15, -0.1) is 11.3 Å². The van der Waals surface area contributed by atoms with Gasteiger partial charge in [0.1, 0.15) is 5.75 Å². The van der Waals surface area contributed by atoms with E-state index in [1.165, 1.54) is 18.3 Å². The molecule has 0 unspecified atom stereocenters. The van der Waals surface area contributed by atoms with Crippen molar-refractivity contribution in [3.8, 4) is 5.75 Å². The fraction of sp³-hybridized carbons (Fsp3) is 0.190. The van der Waals surface area contributed by atoms with E-state index in [9.17, 15) is 14.4 Å². The maximum atomic E-state index is 12.9. The lowest BCUT2D eigenvalue weighted by molar-refractivity contribution is 0.0827. The first-order valence-electron chi connectivity index (χ1n) is 8.96. The van der Waals surface area contributed by atoms with Crippen LogP contribution in [0.25, 0.3) is 0 Å². The molecule has 1 aromatic carbocycles. The first kappa shape index (κ1) is 21.1. The van der Waals surface area contributed by atoms with Gasteiger partial charge in [0.2, 0.25) is 0 Å². The average molecular weight is 427 g/mol. The van der Waals surface area contributed by atoms with Crippen molar-refractivity contribution in [1.82, 2.24) is 4.90 Å². The highest BCUT2D eigenvalue weighted by molar-refractivity contribution is 7.18. The molecular weight excluding hydrogens is 406 g/mol. The highest BCUT2D eigenvalue weighted by atomic mass is 32.1. The van der Waals surface area contributed by atoms with Gasteiger partial charge in [-0.25, -0.2) is 0 Å². The molecule has 0 saturated heterocycles. The predicted octanol–water partition coefficient (Wildman–Crippen LogP) is 3.86. The number of benzene rings is 1. The van der Waals surface area contributed by atoms with Crippen molar-refractivity contribution >= 4 is 39.7 Å². The van der Waals surface area contributed by atoms with E-state index in [0.717, 1.165) is 11.3 Å². The Labute approximate surface area is 177 Å². The van der Waals surface area contributed by atoms with Crippen molar-refractivity contribution < 1.29 is 23.5 Å². The Morgan fingerprint density at radius 1 is 1.07 bits per heavy atom. The zero-order valence-electron chi connectivity index (χ0n) is 16.9. The van der Waals surface area contributed by atoms with Crippen LogP contribution in [-0.2, 0) is 0 Å². The smallest absolute Gasteiger partial charge is 0.291 e. The molecular formula is C21H21N3O5S. The minimum Gasteiger partial charge on any atom is -0.495 e. The van der Waals surface area contributed by atoms with Crippen LogP contribution in [0.2, 0.25) is 0 Å². The molecule has 2 heterocycles. The van der Waals surface area contributed by atoms with E-state index >= 15 is 0 Å². The number of ether oxygens (including phenoxy) is 1. The maximum Gasteiger partial charge on any atom is 0.291 e. The number of nitrogens with one attached hydrogen (secondary N) is 2. The summed E-state index contributed by atoms with van der Waals surface area (Å²) in [4.78, 5) is 39.1. The fourth-order valence-corrected chi connectivity index (χ4v) is 3.69. The summed E-state index contributed by atoms with van der Waals surface area (Å²) in [6.07, 6.45) is 1.41. The molecule has 0 radical (unpaired) electrons. The summed E-state index contributed by atoms with van der Waals surface area (Å²) >= 11 is 1.14. The van der Waals surface area contributed by atoms with E-state index < -0.39 is 5.91 Å². The van der Waals surface area contributed by atoms with Crippen LogP contribution in [0.1, 0.15) is 36.1 Å². The minimum absolute atomic E-state index is 0.180. The number of carbonyl (C=O) groups excluding carboxylic acids is 3. The third-order valence-electron chi connectivity index (χ3n) is 4.21. The van der Waals surface area contributed by atoms with Crippen LogP contribution in [0.4, 0.5) is 10.7 Å². The Kier molecular flexibility index (Phi) is 6.22. The van der Waals surface area contributed by atoms with Gasteiger partial charge >= 0.3 is 0 Å². The van der Waals surface area contributed by atoms with Crippen molar-refractivity contribution in [2.75, 3.05) is 31.8 Å². The number of nitrogens with zero attached hydrogens (tertiary/aromatic N) is 1. The molecule has 3 rings (SSSR count). The summed E-state index contributed by atoms with van der Waals surface area (Å²) < 4.78 is 10.4. The third-order valence-corrected chi connectivity index (χ3v) is 5.36. The Morgan fingerprint density at radius 3 is 2.47 bits per heavy atom. The molecule has 0 saturated carbocycles. The van der Waals surface area contributed by atoms with E-state index in [2.05, 4.69) is 10.6 Å². The number of methoxy groups -OCH3 is 1. The molecule has 2 N–H and O–H groups in total. The van der Waals surface area contributed by atoms with E-state index in [1.54, 1.807) is 57.4 Å². The quantitative estimate of drug-likeness (QED) is 0.622. The van der Waals surface area contributed by atoms with E-state index in [0.29, 0.717) is 32.4 Å². The normalized spacial score (nSPS) is 10.4. The molecule has 0 fully saturated rings. The van der Waals surface area contributed by atoms with Crippen LogP contribution in [-0.4, -0.2) is 43.8 Å². The van der Waals surface area contributed by atoms with Crippen molar-refractivity contribution in [3.05, 3.63) is 64.4 Å². The van der Waals surface area contributed by atoms with Gasteiger partial charge in [-0.1, -0.05) is 0 Å². The van der Waals surface area contributed by atoms with Crippen LogP contribution in [0.15, 0.2) is 47.1 Å². The van der Waals surface area contributed by atoms with E-state index in [1.807, 2.05) is 0 Å². The predicted molar refractivity (Wildman–Crippen MR) is 115 cm³/mol. The Balaban J connectivity index is 1.81. The molecule has 0 bridgehead atoms. The molecule has 156 valence electrons. The van der Waals surface area contributed by atoms with Gasteiger partial charge in [-0.3, -0.25) is 14.4 Å². The second-order valence-electron chi connectivity index (χ2n) is 6.62. The number of aryl methyl sites for hydroxylation is 1. The van der Waals surface area contributed by atoms with Crippen molar-refractivity contribution in [2.24, 2.45) is 0 Å². The van der Waals surface area contributed by atoms with Crippen LogP contribution < -0.4 is 15.4 Å². The standard InChI is InChI=1S/C21H21N3O5S/c1-12-10-17(23-19(25)16-6-5-9-29-16)30-18(12)20(26)22-14-11-13(21(27)24(2)3)7-8-15(14)28-4/h5-11H,1-4H3,(H,22,26)(H,23,25). The fourth-order valence-electron chi connectivity index (χ4n) is 2.73. The number of amides is 3. The third kappa shape index (κ3) is 4.52. The first-order valence-corrected chi connectivity index (χ1v) is 9.78. The van der Waals surface area contributed by atoms with Gasteiger partial charge in [0, 0.05) is 19.7 Å². The highest BCUT2D eigenvalue weighted by Gasteiger charge is 2.19. The number of thiophene rings is 1. The molecule has 3 aromatic rings. The SMILES string of the molecule is COc1ccc(C(=O)N(C)C)cc1NC(=O)c1sc(NC(=O)c2ccco2)cc1C. The number of furan rings is 1. The first-order chi connectivity index (χ1) is 14.3. The summed E-state index contributed by atoms with van der Waals surface area (Å²) in [6, 6.07) is 9.72. The number of rotatable bonds is 6. The number of anilines is 2. The number of hydrogen-bond donors (Lipinski definition) is 2. The van der Waals surface area contributed by atoms with Gasteiger partial charge in [0.05, 0.1) is 28.9 Å². The molecule has 2 aromatic heterocycles. The summed E-state index contributed by atoms with van der Waals surface area (Å²) in [5, 5.41) is 6.02. The summed E-state index contributed by atoms with van der Waals surface area (Å²) in [5.74, 6) is -0.352. The molecule has 0 aliphatic carbocycles. The zero-order valence-corrected chi connectivity index (χ0v) is 17.8. The van der Waals surface area contributed by atoms with Crippen molar-refractivity contribution in [3.63, 3.8) is 0 Å². The summed E-state index contributed by atoms with van der Waals surface area (Å²) in [5.41, 5.74) is 1.50. The van der Waals surface area contributed by atoms with Crippen LogP contribution in [0.3, 0.4) is 0 Å². The highest BCUT2D eigenvalue weighted by Crippen LogP contribution is 2.31. The van der Waals surface area contributed by atoms with Crippen LogP contribution >= 0.6 is 11.3 Å². The van der Waals surface area contributed by atoms with Crippen LogP contribution in [0, 0.1) is 6.92 Å². The Hall–Kier alpha value is -3.59. The van der Waals surface area contributed by atoms with Crippen molar-refractivity contribution in [1.29, 1.82) is 0 Å². The molecule has 0 aliphatic heterocycles. The molecule has 9 heteroatoms. The second-order valence-corrected chi connectivity index (χ2v) is 7.68. The van der Waals surface area contributed by atoms with Gasteiger partial charge < -0.3 is 24.7 Å². The molecule has 8 nitrogen and oxygen atoms in total. The maximum absolute atomic E-state index is 12.9.